The Morgan fingerprint density at radius 3 is 2.92 bits per heavy atom. The summed E-state index contributed by atoms with van der Waals surface area (Å²) < 4.78 is 0. The van der Waals surface area contributed by atoms with Crippen LogP contribution in [0.4, 0.5) is 5.69 Å². The fraction of sp³-hybridized carbons (Fsp3) is 0.421. The van der Waals surface area contributed by atoms with Crippen LogP contribution in [-0.4, -0.2) is 27.7 Å². The van der Waals surface area contributed by atoms with Gasteiger partial charge in [0.05, 0.1) is 0 Å². The van der Waals surface area contributed by atoms with Crippen LogP contribution < -0.4 is 5.32 Å². The van der Waals surface area contributed by atoms with Gasteiger partial charge in [-0.05, 0) is 43.5 Å². The summed E-state index contributed by atoms with van der Waals surface area (Å²) in [6.45, 7) is 6.16. The quantitative estimate of drug-likeness (QED) is 0.796. The zero-order valence-corrected chi connectivity index (χ0v) is 16.0. The first-order valence-corrected chi connectivity index (χ1v) is 9.21. The summed E-state index contributed by atoms with van der Waals surface area (Å²) in [6, 6.07) is 5.79. The van der Waals surface area contributed by atoms with E-state index in [0.717, 1.165) is 36.3 Å². The van der Waals surface area contributed by atoms with E-state index in [9.17, 15) is 4.79 Å². The number of oxime groups is 1. The van der Waals surface area contributed by atoms with Crippen molar-refractivity contribution in [2.24, 2.45) is 5.16 Å². The number of aryl methyl sites for hydroxylation is 3. The molecule has 0 bridgehead atoms. The third-order valence-electron chi connectivity index (χ3n) is 4.48. The Bertz CT molecular complexity index is 844. The Morgan fingerprint density at radius 2 is 2.19 bits per heavy atom. The standard InChI is InChI=1S/C19H23ClN4O2/c1-4-5-6-16-22-17(18(20)23-16)14-10-15(26-24-14)19(25)21-13-8-7-11(2)12(3)9-13/h7-9,15H,4-6,10H2,1-3H3,(H,21,25)(H,22,23). The van der Waals surface area contributed by atoms with E-state index in [1.165, 1.54) is 5.56 Å². The second kappa shape index (κ2) is 7.91. The minimum absolute atomic E-state index is 0.232. The number of aromatic amines is 1. The summed E-state index contributed by atoms with van der Waals surface area (Å²) in [5, 5.41) is 7.34. The second-order valence-electron chi connectivity index (χ2n) is 6.57. The van der Waals surface area contributed by atoms with Gasteiger partial charge in [0, 0.05) is 18.5 Å². The van der Waals surface area contributed by atoms with Crippen LogP contribution in [0.5, 0.6) is 0 Å². The number of anilines is 1. The Morgan fingerprint density at radius 1 is 1.38 bits per heavy atom. The maximum Gasteiger partial charge on any atom is 0.268 e. The number of imidazole rings is 1. The molecule has 7 heteroatoms. The number of nitrogens with one attached hydrogen (secondary N) is 2. The molecule has 0 radical (unpaired) electrons. The van der Waals surface area contributed by atoms with Gasteiger partial charge in [-0.25, -0.2) is 4.98 Å². The molecule has 2 N–H and O–H groups in total. The molecule has 1 amide bonds. The van der Waals surface area contributed by atoms with E-state index in [4.69, 9.17) is 16.4 Å². The maximum absolute atomic E-state index is 12.4. The van der Waals surface area contributed by atoms with Gasteiger partial charge < -0.3 is 15.1 Å². The fourth-order valence-corrected chi connectivity index (χ4v) is 3.01. The summed E-state index contributed by atoms with van der Waals surface area (Å²) >= 11 is 6.24. The van der Waals surface area contributed by atoms with E-state index in [0.29, 0.717) is 23.0 Å². The van der Waals surface area contributed by atoms with Crippen LogP contribution >= 0.6 is 11.6 Å². The van der Waals surface area contributed by atoms with E-state index in [1.807, 2.05) is 32.0 Å². The highest BCUT2D eigenvalue weighted by atomic mass is 35.5. The number of unbranched alkanes of at least 4 members (excludes halogenated alkanes) is 1. The van der Waals surface area contributed by atoms with E-state index >= 15 is 0 Å². The van der Waals surface area contributed by atoms with Gasteiger partial charge in [0.25, 0.3) is 5.91 Å². The van der Waals surface area contributed by atoms with Crippen LogP contribution in [0, 0.1) is 13.8 Å². The number of halogens is 1. The first kappa shape index (κ1) is 18.5. The molecule has 1 aliphatic rings. The molecule has 0 saturated heterocycles. The Kier molecular flexibility index (Phi) is 5.61. The van der Waals surface area contributed by atoms with Crippen LogP contribution in [0.15, 0.2) is 23.4 Å². The lowest BCUT2D eigenvalue weighted by atomic mass is 10.1. The van der Waals surface area contributed by atoms with E-state index in [-0.39, 0.29) is 5.91 Å². The van der Waals surface area contributed by atoms with Crippen molar-refractivity contribution in [1.29, 1.82) is 0 Å². The highest BCUT2D eigenvalue weighted by Crippen LogP contribution is 2.23. The van der Waals surface area contributed by atoms with Gasteiger partial charge in [0.2, 0.25) is 6.10 Å². The first-order chi connectivity index (χ1) is 12.5. The highest BCUT2D eigenvalue weighted by Gasteiger charge is 2.31. The van der Waals surface area contributed by atoms with Gasteiger partial charge >= 0.3 is 0 Å². The van der Waals surface area contributed by atoms with Crippen molar-refractivity contribution in [2.45, 2.75) is 52.6 Å². The molecule has 2 heterocycles. The molecule has 1 unspecified atom stereocenters. The monoisotopic (exact) mass is 374 g/mol. The Labute approximate surface area is 158 Å². The zero-order valence-electron chi connectivity index (χ0n) is 15.2. The Balaban J connectivity index is 1.63. The molecular formula is C19H23ClN4O2. The Hall–Kier alpha value is -2.34. The lowest BCUT2D eigenvalue weighted by molar-refractivity contribution is -0.125. The molecule has 1 atom stereocenters. The molecule has 2 aromatic rings. The van der Waals surface area contributed by atoms with E-state index in [1.54, 1.807) is 0 Å². The topological polar surface area (TPSA) is 79.4 Å². The summed E-state index contributed by atoms with van der Waals surface area (Å²) in [5.41, 5.74) is 4.20. The summed E-state index contributed by atoms with van der Waals surface area (Å²) in [7, 11) is 0. The van der Waals surface area contributed by atoms with Crippen molar-refractivity contribution in [1.82, 2.24) is 9.97 Å². The lowest BCUT2D eigenvalue weighted by Gasteiger charge is -2.10. The molecule has 6 nitrogen and oxygen atoms in total. The summed E-state index contributed by atoms with van der Waals surface area (Å²) in [6.07, 6.45) is 2.61. The zero-order chi connectivity index (χ0) is 18.7. The van der Waals surface area contributed by atoms with Crippen molar-refractivity contribution >= 4 is 28.9 Å². The molecule has 0 fully saturated rings. The lowest BCUT2D eigenvalue weighted by Crippen LogP contribution is -2.28. The van der Waals surface area contributed by atoms with E-state index < -0.39 is 6.10 Å². The molecule has 1 aliphatic heterocycles. The van der Waals surface area contributed by atoms with Gasteiger partial charge in [0.15, 0.2) is 0 Å². The minimum atomic E-state index is -0.682. The fourth-order valence-electron chi connectivity index (χ4n) is 2.75. The smallest absolute Gasteiger partial charge is 0.268 e. The maximum atomic E-state index is 12.4. The minimum Gasteiger partial charge on any atom is -0.382 e. The molecule has 0 saturated carbocycles. The van der Waals surface area contributed by atoms with Crippen molar-refractivity contribution in [3.63, 3.8) is 0 Å². The molecule has 0 aliphatic carbocycles. The summed E-state index contributed by atoms with van der Waals surface area (Å²) in [4.78, 5) is 25.3. The molecule has 26 heavy (non-hydrogen) atoms. The first-order valence-electron chi connectivity index (χ1n) is 8.83. The van der Waals surface area contributed by atoms with Gasteiger partial charge in [-0.3, -0.25) is 4.79 Å². The predicted molar refractivity (Wildman–Crippen MR) is 103 cm³/mol. The van der Waals surface area contributed by atoms with Crippen molar-refractivity contribution in [2.75, 3.05) is 5.32 Å². The molecular weight excluding hydrogens is 352 g/mol. The van der Waals surface area contributed by atoms with Crippen LogP contribution in [0.3, 0.4) is 0 Å². The predicted octanol–water partition coefficient (Wildman–Crippen LogP) is 4.15. The number of carbonyl (C=O) groups excluding carboxylic acids is 1. The average Bonchev–Trinajstić information content (AvgIpc) is 3.23. The van der Waals surface area contributed by atoms with Gasteiger partial charge in [-0.15, -0.1) is 0 Å². The number of rotatable bonds is 6. The van der Waals surface area contributed by atoms with Crippen LogP contribution in [0.1, 0.15) is 48.8 Å². The number of aromatic nitrogens is 2. The third kappa shape index (κ3) is 4.07. The molecule has 0 spiro atoms. The number of amides is 1. The molecule has 138 valence electrons. The van der Waals surface area contributed by atoms with Crippen molar-refractivity contribution < 1.29 is 9.63 Å². The average molecular weight is 375 g/mol. The van der Waals surface area contributed by atoms with E-state index in [2.05, 4.69) is 27.4 Å². The highest BCUT2D eigenvalue weighted by molar-refractivity contribution is 6.33. The van der Waals surface area contributed by atoms with Crippen molar-refractivity contribution in [3.8, 4) is 0 Å². The van der Waals surface area contributed by atoms with Crippen LogP contribution in [0.25, 0.3) is 0 Å². The number of nitrogens with zero attached hydrogens (tertiary/aromatic N) is 2. The molecule has 1 aromatic carbocycles. The normalized spacial score (nSPS) is 16.3. The SMILES string of the molecule is CCCCc1nc(C2=NOC(C(=O)Nc3ccc(C)c(C)c3)C2)c(Cl)[nH]1. The number of carbonyl (C=O) groups is 1. The number of H-pyrrole nitrogens is 1. The van der Waals surface area contributed by atoms with Crippen LogP contribution in [-0.2, 0) is 16.1 Å². The number of benzene rings is 1. The number of hydrogen-bond acceptors (Lipinski definition) is 4. The van der Waals surface area contributed by atoms with Gasteiger partial charge in [-0.2, -0.15) is 0 Å². The van der Waals surface area contributed by atoms with Gasteiger partial charge in [-0.1, -0.05) is 36.2 Å². The molecule has 3 rings (SSSR count). The number of hydrogen-bond donors (Lipinski definition) is 2. The summed E-state index contributed by atoms with van der Waals surface area (Å²) in [5.74, 6) is 0.599. The molecule has 1 aromatic heterocycles. The van der Waals surface area contributed by atoms with Crippen molar-refractivity contribution in [3.05, 3.63) is 46.0 Å². The largest absolute Gasteiger partial charge is 0.382 e. The van der Waals surface area contributed by atoms with Crippen LogP contribution in [0.2, 0.25) is 5.15 Å². The van der Waals surface area contributed by atoms with Gasteiger partial charge in [0.1, 0.15) is 22.4 Å². The second-order valence-corrected chi connectivity index (χ2v) is 6.95. The third-order valence-corrected chi connectivity index (χ3v) is 4.76.